The van der Waals surface area contributed by atoms with Crippen LogP contribution in [0.3, 0.4) is 0 Å². The minimum Gasteiger partial charge on any atom is -0.396 e. The third-order valence-corrected chi connectivity index (χ3v) is 3.46. The zero-order valence-corrected chi connectivity index (χ0v) is 12.6. The Labute approximate surface area is 118 Å². The quantitative estimate of drug-likeness (QED) is 0.490. The van der Waals surface area contributed by atoms with E-state index in [9.17, 15) is 9.59 Å². The van der Waals surface area contributed by atoms with Gasteiger partial charge < -0.3 is 21.5 Å². The van der Waals surface area contributed by atoms with Crippen LogP contribution in [-0.4, -0.2) is 47.7 Å². The van der Waals surface area contributed by atoms with Gasteiger partial charge in [0.05, 0.1) is 0 Å². The van der Waals surface area contributed by atoms with E-state index < -0.39 is 12.1 Å². The van der Waals surface area contributed by atoms with E-state index in [1.807, 2.05) is 20.1 Å². The van der Waals surface area contributed by atoms with Crippen LogP contribution in [0.1, 0.15) is 26.7 Å². The molecule has 5 N–H and O–H groups in total. The highest BCUT2D eigenvalue weighted by molar-refractivity contribution is 7.98. The number of nitrogens with one attached hydrogen (secondary N) is 2. The molecule has 2 unspecified atom stereocenters. The molecular weight excluding hydrogens is 266 g/mol. The smallest absolute Gasteiger partial charge is 0.312 e. The average molecular weight is 291 g/mol. The lowest BCUT2D eigenvalue weighted by molar-refractivity contribution is -0.124. The van der Waals surface area contributed by atoms with Crippen molar-refractivity contribution >= 4 is 23.7 Å². The Morgan fingerprint density at radius 2 is 1.89 bits per heavy atom. The number of rotatable bonds is 9. The first-order valence-electron chi connectivity index (χ1n) is 6.38. The lowest BCUT2D eigenvalue weighted by Crippen LogP contribution is -2.52. The van der Waals surface area contributed by atoms with Gasteiger partial charge in [0.25, 0.3) is 0 Å². The van der Waals surface area contributed by atoms with Gasteiger partial charge in [0.15, 0.2) is 0 Å². The van der Waals surface area contributed by atoms with Gasteiger partial charge in [-0.3, -0.25) is 4.79 Å². The second kappa shape index (κ2) is 9.91. The maximum atomic E-state index is 12.1. The highest BCUT2D eigenvalue weighted by atomic mass is 32.2. The summed E-state index contributed by atoms with van der Waals surface area (Å²) in [6, 6.07) is -1.43. The Hall–Kier alpha value is -0.950. The van der Waals surface area contributed by atoms with E-state index in [0.717, 1.165) is 5.75 Å². The molecule has 0 rings (SSSR count). The summed E-state index contributed by atoms with van der Waals surface area (Å²) in [4.78, 5) is 23.0. The van der Waals surface area contributed by atoms with Gasteiger partial charge in [-0.15, -0.1) is 0 Å². The first kappa shape index (κ1) is 18.0. The molecule has 0 aliphatic heterocycles. The molecule has 0 aromatic rings. The van der Waals surface area contributed by atoms with Gasteiger partial charge >= 0.3 is 6.03 Å². The van der Waals surface area contributed by atoms with E-state index in [-0.39, 0.29) is 24.5 Å². The summed E-state index contributed by atoms with van der Waals surface area (Å²) in [6.07, 6.45) is 2.96. The molecule has 0 radical (unpaired) electrons. The Balaban J connectivity index is 4.54. The van der Waals surface area contributed by atoms with Crippen molar-refractivity contribution in [3.05, 3.63) is 0 Å². The molecule has 7 heteroatoms. The summed E-state index contributed by atoms with van der Waals surface area (Å²) in [5.74, 6) is 0.718. The van der Waals surface area contributed by atoms with Crippen molar-refractivity contribution < 1.29 is 14.7 Å². The SMILES string of the molecule is CSCCC(NC(N)=O)C(=O)NC(CCO)C(C)C. The highest BCUT2D eigenvalue weighted by Crippen LogP contribution is 2.07. The largest absolute Gasteiger partial charge is 0.396 e. The van der Waals surface area contributed by atoms with Gasteiger partial charge in [-0.05, 0) is 30.8 Å². The molecule has 0 fully saturated rings. The van der Waals surface area contributed by atoms with Crippen LogP contribution in [0.5, 0.6) is 0 Å². The third-order valence-electron chi connectivity index (χ3n) is 2.82. The van der Waals surface area contributed by atoms with E-state index in [4.69, 9.17) is 10.8 Å². The summed E-state index contributed by atoms with van der Waals surface area (Å²) in [6.45, 7) is 3.96. The molecule has 6 nitrogen and oxygen atoms in total. The first-order valence-corrected chi connectivity index (χ1v) is 7.77. The number of aliphatic hydroxyl groups is 1. The van der Waals surface area contributed by atoms with E-state index in [2.05, 4.69) is 10.6 Å². The molecule has 0 aromatic carbocycles. The number of aliphatic hydroxyl groups excluding tert-OH is 1. The van der Waals surface area contributed by atoms with Crippen LogP contribution in [0, 0.1) is 5.92 Å². The number of hydrogen-bond donors (Lipinski definition) is 4. The number of hydrogen-bond acceptors (Lipinski definition) is 4. The van der Waals surface area contributed by atoms with Gasteiger partial charge in [0.2, 0.25) is 5.91 Å². The predicted molar refractivity (Wildman–Crippen MR) is 78.0 cm³/mol. The van der Waals surface area contributed by atoms with E-state index in [0.29, 0.717) is 12.8 Å². The summed E-state index contributed by atoms with van der Waals surface area (Å²) < 4.78 is 0. The van der Waals surface area contributed by atoms with Crippen molar-refractivity contribution in [2.24, 2.45) is 11.7 Å². The number of carbonyl (C=O) groups excluding carboxylic acids is 2. The van der Waals surface area contributed by atoms with E-state index in [1.165, 1.54) is 0 Å². The minimum absolute atomic E-state index is 0.0157. The van der Waals surface area contributed by atoms with Gasteiger partial charge in [-0.2, -0.15) is 11.8 Å². The van der Waals surface area contributed by atoms with E-state index in [1.54, 1.807) is 11.8 Å². The Bertz CT molecular complexity index is 287. The summed E-state index contributed by atoms with van der Waals surface area (Å²) in [5.41, 5.74) is 5.08. The monoisotopic (exact) mass is 291 g/mol. The Kier molecular flexibility index (Phi) is 9.42. The van der Waals surface area contributed by atoms with Crippen LogP contribution in [0.2, 0.25) is 0 Å². The predicted octanol–water partition coefficient (Wildman–Crippen LogP) is 0.300. The molecule has 0 saturated carbocycles. The Morgan fingerprint density at radius 3 is 2.32 bits per heavy atom. The normalized spacial score (nSPS) is 13.9. The standard InChI is InChI=1S/C12H25N3O3S/c1-8(2)9(4-6-16)14-11(17)10(5-7-19-3)15-12(13)18/h8-10,16H,4-7H2,1-3H3,(H,14,17)(H3,13,15,18). The lowest BCUT2D eigenvalue weighted by Gasteiger charge is -2.25. The zero-order chi connectivity index (χ0) is 14.8. The summed E-state index contributed by atoms with van der Waals surface area (Å²) >= 11 is 1.60. The fourth-order valence-corrected chi connectivity index (χ4v) is 2.14. The van der Waals surface area contributed by atoms with Crippen LogP contribution in [-0.2, 0) is 4.79 Å². The van der Waals surface area contributed by atoms with Crippen molar-refractivity contribution in [1.82, 2.24) is 10.6 Å². The van der Waals surface area contributed by atoms with Gasteiger partial charge in [0, 0.05) is 12.6 Å². The van der Waals surface area contributed by atoms with Crippen LogP contribution < -0.4 is 16.4 Å². The van der Waals surface area contributed by atoms with Crippen LogP contribution in [0.25, 0.3) is 0 Å². The molecule has 0 aliphatic rings. The number of carbonyl (C=O) groups is 2. The van der Waals surface area contributed by atoms with Crippen molar-refractivity contribution in [3.63, 3.8) is 0 Å². The number of nitrogens with two attached hydrogens (primary N) is 1. The van der Waals surface area contributed by atoms with Crippen molar-refractivity contribution in [3.8, 4) is 0 Å². The van der Waals surface area contributed by atoms with Gasteiger partial charge in [-0.25, -0.2) is 4.79 Å². The summed E-state index contributed by atoms with van der Waals surface area (Å²) in [7, 11) is 0. The second-order valence-corrected chi connectivity index (χ2v) is 5.70. The minimum atomic E-state index is -0.704. The molecule has 0 heterocycles. The molecular formula is C12H25N3O3S. The fraction of sp³-hybridized carbons (Fsp3) is 0.833. The molecule has 2 atom stereocenters. The topological polar surface area (TPSA) is 104 Å². The Morgan fingerprint density at radius 1 is 1.26 bits per heavy atom. The first-order chi connectivity index (χ1) is 8.92. The molecule has 3 amide bonds. The highest BCUT2D eigenvalue weighted by Gasteiger charge is 2.23. The van der Waals surface area contributed by atoms with Crippen molar-refractivity contribution in [2.45, 2.75) is 38.8 Å². The maximum Gasteiger partial charge on any atom is 0.312 e. The number of primary amides is 1. The molecule has 19 heavy (non-hydrogen) atoms. The lowest BCUT2D eigenvalue weighted by atomic mass is 10.0. The number of thioether (sulfide) groups is 1. The van der Waals surface area contributed by atoms with Crippen molar-refractivity contribution in [1.29, 1.82) is 0 Å². The third kappa shape index (κ3) is 7.94. The second-order valence-electron chi connectivity index (χ2n) is 4.71. The zero-order valence-electron chi connectivity index (χ0n) is 11.8. The molecule has 0 aromatic heterocycles. The number of urea groups is 1. The molecule has 112 valence electrons. The average Bonchev–Trinajstić information content (AvgIpc) is 2.33. The maximum absolute atomic E-state index is 12.1. The van der Waals surface area contributed by atoms with Crippen molar-refractivity contribution in [2.75, 3.05) is 18.6 Å². The van der Waals surface area contributed by atoms with E-state index >= 15 is 0 Å². The number of amides is 3. The van der Waals surface area contributed by atoms with Gasteiger partial charge in [-0.1, -0.05) is 13.8 Å². The summed E-state index contributed by atoms with van der Waals surface area (Å²) in [5, 5.41) is 14.3. The molecule has 0 saturated heterocycles. The molecule has 0 spiro atoms. The molecule has 0 bridgehead atoms. The van der Waals surface area contributed by atoms with Crippen LogP contribution in [0.4, 0.5) is 4.79 Å². The van der Waals surface area contributed by atoms with Gasteiger partial charge in [0.1, 0.15) is 6.04 Å². The fourth-order valence-electron chi connectivity index (χ4n) is 1.67. The van der Waals surface area contributed by atoms with Crippen LogP contribution >= 0.6 is 11.8 Å². The molecule has 0 aliphatic carbocycles. The van der Waals surface area contributed by atoms with Crippen LogP contribution in [0.15, 0.2) is 0 Å².